The zero-order chi connectivity index (χ0) is 22.7. The molecule has 0 radical (unpaired) electrons. The molecule has 2 heterocycles. The van der Waals surface area contributed by atoms with E-state index in [2.05, 4.69) is 4.57 Å². The molecule has 1 fully saturated rings. The summed E-state index contributed by atoms with van der Waals surface area (Å²) in [6.45, 7) is 2.15. The lowest BCUT2D eigenvalue weighted by atomic mass is 10.1. The van der Waals surface area contributed by atoms with Crippen LogP contribution in [0.1, 0.15) is 19.3 Å². The summed E-state index contributed by atoms with van der Waals surface area (Å²) < 4.78 is 2.08. The van der Waals surface area contributed by atoms with Gasteiger partial charge in [-0.05, 0) is 48.7 Å². The molecule has 3 aromatic rings. The Bertz CT molecular complexity index is 1220. The zero-order valence-corrected chi connectivity index (χ0v) is 19.4. The van der Waals surface area contributed by atoms with Crippen molar-refractivity contribution in [2.75, 3.05) is 13.1 Å². The Balaban J connectivity index is 1.67. The lowest BCUT2D eigenvalue weighted by Gasteiger charge is -2.16. The molecular formula is C22H20Cl2N4O3S. The third kappa shape index (κ3) is 5.03. The van der Waals surface area contributed by atoms with E-state index in [1.807, 2.05) is 10.3 Å². The quantitative estimate of drug-likeness (QED) is 0.315. The number of aromatic nitrogens is 1. The number of hydrogen-bond acceptors (Lipinski definition) is 5. The second-order valence-corrected chi connectivity index (χ2v) is 9.06. The van der Waals surface area contributed by atoms with Gasteiger partial charge in [0.15, 0.2) is 4.80 Å². The molecule has 7 nitrogen and oxygen atoms in total. The highest BCUT2D eigenvalue weighted by atomic mass is 35.5. The van der Waals surface area contributed by atoms with E-state index in [9.17, 15) is 14.9 Å². The molecule has 10 heteroatoms. The van der Waals surface area contributed by atoms with Crippen LogP contribution >= 0.6 is 34.5 Å². The number of nitro groups is 1. The SMILES string of the molecule is O=C1CCCN1CCCn1c(-c2ccc([N+](=O)[O-])cc2)csc1=Nc1ccc(Cl)c(Cl)c1. The Morgan fingerprint density at radius 3 is 2.53 bits per heavy atom. The number of carbonyl (C=O) groups is 1. The average molecular weight is 491 g/mol. The molecule has 1 aliphatic rings. The van der Waals surface area contributed by atoms with Gasteiger partial charge < -0.3 is 9.47 Å². The largest absolute Gasteiger partial charge is 0.343 e. The summed E-state index contributed by atoms with van der Waals surface area (Å²) in [5.74, 6) is 0.205. The first-order valence-electron chi connectivity index (χ1n) is 10.1. The molecule has 2 aromatic carbocycles. The molecule has 0 aliphatic carbocycles. The minimum Gasteiger partial charge on any atom is -0.343 e. The third-order valence-electron chi connectivity index (χ3n) is 5.28. The monoisotopic (exact) mass is 490 g/mol. The molecule has 0 atom stereocenters. The number of nitro benzene ring substituents is 1. The van der Waals surface area contributed by atoms with E-state index in [0.29, 0.717) is 35.2 Å². The number of amides is 1. The number of thiazole rings is 1. The normalized spacial score (nSPS) is 14.4. The summed E-state index contributed by atoms with van der Waals surface area (Å²) >= 11 is 13.6. The predicted molar refractivity (Wildman–Crippen MR) is 127 cm³/mol. The van der Waals surface area contributed by atoms with E-state index in [1.54, 1.807) is 30.3 Å². The first-order valence-corrected chi connectivity index (χ1v) is 11.8. The van der Waals surface area contributed by atoms with Crippen LogP contribution in [0.15, 0.2) is 52.8 Å². The fourth-order valence-corrected chi connectivity index (χ4v) is 4.89. The first kappa shape index (κ1) is 22.5. The molecule has 32 heavy (non-hydrogen) atoms. The van der Waals surface area contributed by atoms with Crippen molar-refractivity contribution in [3.05, 3.63) is 72.8 Å². The molecule has 1 amide bonds. The number of non-ortho nitro benzene ring substituents is 1. The summed E-state index contributed by atoms with van der Waals surface area (Å²) in [5, 5.41) is 13.9. The van der Waals surface area contributed by atoms with Crippen LogP contribution < -0.4 is 4.80 Å². The summed E-state index contributed by atoms with van der Waals surface area (Å²) in [4.78, 5) is 29.9. The van der Waals surface area contributed by atoms with Crippen LogP contribution in [0.4, 0.5) is 11.4 Å². The van der Waals surface area contributed by atoms with Crippen LogP contribution in [-0.4, -0.2) is 33.4 Å². The number of carbonyl (C=O) groups excluding carboxylic acids is 1. The molecule has 0 N–H and O–H groups in total. The van der Waals surface area contributed by atoms with Crippen molar-refractivity contribution >= 4 is 51.8 Å². The number of nitrogens with zero attached hydrogens (tertiary/aromatic N) is 4. The maximum atomic E-state index is 11.9. The Morgan fingerprint density at radius 2 is 1.88 bits per heavy atom. The van der Waals surface area contributed by atoms with E-state index in [4.69, 9.17) is 28.2 Å². The van der Waals surface area contributed by atoms with Crippen molar-refractivity contribution in [3.63, 3.8) is 0 Å². The highest BCUT2D eigenvalue weighted by Crippen LogP contribution is 2.27. The van der Waals surface area contributed by atoms with Gasteiger partial charge in [-0.3, -0.25) is 14.9 Å². The lowest BCUT2D eigenvalue weighted by Crippen LogP contribution is -2.27. The summed E-state index contributed by atoms with van der Waals surface area (Å²) in [5.41, 5.74) is 2.50. The summed E-state index contributed by atoms with van der Waals surface area (Å²) in [6, 6.07) is 11.7. The zero-order valence-electron chi connectivity index (χ0n) is 17.0. The maximum Gasteiger partial charge on any atom is 0.269 e. The minimum absolute atomic E-state index is 0.0452. The third-order valence-corrected chi connectivity index (χ3v) is 6.88. The van der Waals surface area contributed by atoms with E-state index in [0.717, 1.165) is 35.4 Å². The number of benzene rings is 2. The molecular weight excluding hydrogens is 471 g/mol. The van der Waals surface area contributed by atoms with Crippen LogP contribution in [0.5, 0.6) is 0 Å². The van der Waals surface area contributed by atoms with Crippen LogP contribution in [0.25, 0.3) is 11.3 Å². The maximum absolute atomic E-state index is 11.9. The van der Waals surface area contributed by atoms with Crippen molar-refractivity contribution < 1.29 is 9.72 Å². The second-order valence-electron chi connectivity index (χ2n) is 7.41. The van der Waals surface area contributed by atoms with Crippen molar-refractivity contribution in [2.45, 2.75) is 25.8 Å². The van der Waals surface area contributed by atoms with Crippen LogP contribution in [-0.2, 0) is 11.3 Å². The van der Waals surface area contributed by atoms with E-state index < -0.39 is 4.92 Å². The van der Waals surface area contributed by atoms with E-state index in [-0.39, 0.29) is 11.6 Å². The fourth-order valence-electron chi connectivity index (χ4n) is 3.64. The number of rotatable bonds is 7. The fraction of sp³-hybridized carbons (Fsp3) is 0.273. The van der Waals surface area contributed by atoms with Gasteiger partial charge in [-0.25, -0.2) is 4.99 Å². The number of likely N-dealkylation sites (tertiary alicyclic amines) is 1. The molecule has 0 saturated carbocycles. The minimum atomic E-state index is -0.413. The highest BCUT2D eigenvalue weighted by molar-refractivity contribution is 7.07. The summed E-state index contributed by atoms with van der Waals surface area (Å²) in [6.07, 6.45) is 2.31. The van der Waals surface area contributed by atoms with Crippen LogP contribution in [0.2, 0.25) is 10.0 Å². The highest BCUT2D eigenvalue weighted by Gasteiger charge is 2.19. The van der Waals surface area contributed by atoms with E-state index in [1.165, 1.54) is 23.5 Å². The van der Waals surface area contributed by atoms with Gasteiger partial charge in [0.05, 0.1) is 26.3 Å². The smallest absolute Gasteiger partial charge is 0.269 e. The molecule has 1 aromatic heterocycles. The van der Waals surface area contributed by atoms with Gasteiger partial charge in [-0.2, -0.15) is 0 Å². The van der Waals surface area contributed by atoms with Crippen molar-refractivity contribution in [2.24, 2.45) is 4.99 Å². The predicted octanol–water partition coefficient (Wildman–Crippen LogP) is 5.68. The molecule has 0 bridgehead atoms. The lowest BCUT2D eigenvalue weighted by molar-refractivity contribution is -0.384. The number of halogens is 2. The van der Waals surface area contributed by atoms with Gasteiger partial charge in [0.2, 0.25) is 5.91 Å². The second kappa shape index (κ2) is 9.85. The van der Waals surface area contributed by atoms with Crippen molar-refractivity contribution in [3.8, 4) is 11.3 Å². The topological polar surface area (TPSA) is 80.7 Å². The van der Waals surface area contributed by atoms with Gasteiger partial charge in [-0.1, -0.05) is 23.2 Å². The Morgan fingerprint density at radius 1 is 1.09 bits per heavy atom. The Kier molecular flexibility index (Phi) is 6.93. The van der Waals surface area contributed by atoms with Crippen LogP contribution in [0, 0.1) is 10.1 Å². The molecule has 4 rings (SSSR count). The van der Waals surface area contributed by atoms with Gasteiger partial charge >= 0.3 is 0 Å². The van der Waals surface area contributed by atoms with Gasteiger partial charge in [0, 0.05) is 43.6 Å². The first-order chi connectivity index (χ1) is 15.4. The molecule has 1 aliphatic heterocycles. The average Bonchev–Trinajstić information content (AvgIpc) is 3.37. The van der Waals surface area contributed by atoms with E-state index >= 15 is 0 Å². The molecule has 1 saturated heterocycles. The Labute approximate surface area is 198 Å². The van der Waals surface area contributed by atoms with Gasteiger partial charge in [0.25, 0.3) is 5.69 Å². The summed E-state index contributed by atoms with van der Waals surface area (Å²) in [7, 11) is 0. The van der Waals surface area contributed by atoms with Gasteiger partial charge in [0.1, 0.15) is 0 Å². The Hall–Kier alpha value is -2.68. The molecule has 0 spiro atoms. The van der Waals surface area contributed by atoms with Crippen molar-refractivity contribution in [1.82, 2.24) is 9.47 Å². The van der Waals surface area contributed by atoms with Crippen LogP contribution in [0.3, 0.4) is 0 Å². The van der Waals surface area contributed by atoms with Crippen molar-refractivity contribution in [1.29, 1.82) is 0 Å². The number of hydrogen-bond donors (Lipinski definition) is 0. The molecule has 166 valence electrons. The standard InChI is InChI=1S/C22H20Cl2N4O3S/c23-18-9-6-16(13-19(18)24)25-22-27(12-2-11-26-10-1-3-21(26)29)20(14-32-22)15-4-7-17(8-5-15)28(30)31/h4-9,13-14H,1-3,10-12H2. The molecule has 0 unspecified atom stereocenters. The van der Waals surface area contributed by atoms with Gasteiger partial charge in [-0.15, -0.1) is 11.3 Å².